The normalized spacial score (nSPS) is 17.6. The lowest BCUT2D eigenvalue weighted by Gasteiger charge is -2.27. The Labute approximate surface area is 169 Å². The lowest BCUT2D eigenvalue weighted by molar-refractivity contribution is -0.116. The van der Waals surface area contributed by atoms with E-state index in [9.17, 15) is 9.59 Å². The van der Waals surface area contributed by atoms with Gasteiger partial charge in [0.25, 0.3) is 0 Å². The first kappa shape index (κ1) is 20.7. The van der Waals surface area contributed by atoms with Crippen LogP contribution in [0.15, 0.2) is 36.4 Å². The minimum Gasteiger partial charge on any atom is -0.444 e. The van der Waals surface area contributed by atoms with Crippen LogP contribution in [0.4, 0.5) is 10.5 Å². The summed E-state index contributed by atoms with van der Waals surface area (Å²) in [6.45, 7) is 8.37. The van der Waals surface area contributed by atoms with Gasteiger partial charge in [0.05, 0.1) is 11.7 Å². The molecule has 6 heteroatoms. The second-order valence-corrected chi connectivity index (χ2v) is 8.55. The number of benzene rings is 1. The van der Waals surface area contributed by atoms with Crippen LogP contribution >= 0.6 is 22.6 Å². The van der Waals surface area contributed by atoms with Crippen molar-refractivity contribution in [3.8, 4) is 0 Å². The SMILES string of the molecule is CC(=O)N(C/C=C/[C@@H]1CCCN1C(=O)OC(C)(C)C)c1ccccc1I. The number of likely N-dealkylation sites (tertiary alicyclic amines) is 1. The molecule has 2 rings (SSSR count). The predicted molar refractivity (Wildman–Crippen MR) is 112 cm³/mol. The molecule has 1 heterocycles. The number of anilines is 1. The number of hydrogen-bond acceptors (Lipinski definition) is 3. The van der Waals surface area contributed by atoms with Crippen molar-refractivity contribution in [3.63, 3.8) is 0 Å². The minimum absolute atomic E-state index is 0.00538. The second-order valence-electron chi connectivity index (χ2n) is 7.39. The number of carbonyl (C=O) groups is 2. The molecule has 0 aliphatic carbocycles. The Balaban J connectivity index is 2.04. The molecule has 1 fully saturated rings. The maximum absolute atomic E-state index is 12.3. The molecule has 1 aromatic carbocycles. The highest BCUT2D eigenvalue weighted by Crippen LogP contribution is 2.24. The molecule has 26 heavy (non-hydrogen) atoms. The van der Waals surface area contributed by atoms with Gasteiger partial charge in [-0.05, 0) is 68.3 Å². The molecule has 1 aromatic rings. The molecular formula is C20H27IN2O3. The first-order valence-electron chi connectivity index (χ1n) is 8.88. The first-order valence-corrected chi connectivity index (χ1v) is 9.96. The van der Waals surface area contributed by atoms with Crippen molar-refractivity contribution in [1.82, 2.24) is 4.90 Å². The van der Waals surface area contributed by atoms with E-state index < -0.39 is 5.60 Å². The quantitative estimate of drug-likeness (QED) is 0.478. The van der Waals surface area contributed by atoms with Gasteiger partial charge in [0.15, 0.2) is 0 Å². The summed E-state index contributed by atoms with van der Waals surface area (Å²) in [6, 6.07) is 7.83. The number of ether oxygens (including phenoxy) is 1. The third kappa shape index (κ3) is 5.72. The number of hydrogen-bond donors (Lipinski definition) is 0. The molecule has 0 bridgehead atoms. The Hall–Kier alpha value is -1.57. The van der Waals surface area contributed by atoms with Crippen LogP contribution in [-0.4, -0.2) is 41.6 Å². The Kier molecular flexibility index (Phi) is 7.08. The minimum atomic E-state index is -0.497. The van der Waals surface area contributed by atoms with Gasteiger partial charge in [-0.1, -0.05) is 24.3 Å². The summed E-state index contributed by atoms with van der Waals surface area (Å²) in [4.78, 5) is 27.9. The molecule has 5 nitrogen and oxygen atoms in total. The van der Waals surface area contributed by atoms with Crippen molar-refractivity contribution in [3.05, 3.63) is 40.0 Å². The number of para-hydroxylation sites is 1. The zero-order chi connectivity index (χ0) is 19.3. The highest BCUT2D eigenvalue weighted by molar-refractivity contribution is 14.1. The fourth-order valence-electron chi connectivity index (χ4n) is 2.93. The maximum Gasteiger partial charge on any atom is 0.410 e. The van der Waals surface area contributed by atoms with Gasteiger partial charge in [0.2, 0.25) is 5.91 Å². The van der Waals surface area contributed by atoms with Crippen LogP contribution < -0.4 is 4.90 Å². The van der Waals surface area contributed by atoms with E-state index in [1.807, 2.05) is 57.2 Å². The van der Waals surface area contributed by atoms with Crippen molar-refractivity contribution in [2.24, 2.45) is 0 Å². The predicted octanol–water partition coefficient (Wildman–Crippen LogP) is 4.60. The molecule has 1 atom stereocenters. The Morgan fingerprint density at radius 2 is 2.04 bits per heavy atom. The van der Waals surface area contributed by atoms with E-state index in [0.717, 1.165) is 22.1 Å². The number of amides is 2. The van der Waals surface area contributed by atoms with Crippen molar-refractivity contribution < 1.29 is 14.3 Å². The van der Waals surface area contributed by atoms with Gasteiger partial charge in [0.1, 0.15) is 5.60 Å². The van der Waals surface area contributed by atoms with Gasteiger partial charge in [0, 0.05) is 23.6 Å². The third-order valence-corrected chi connectivity index (χ3v) is 5.01. The smallest absolute Gasteiger partial charge is 0.410 e. The van der Waals surface area contributed by atoms with Crippen LogP contribution in [0, 0.1) is 3.57 Å². The zero-order valence-electron chi connectivity index (χ0n) is 15.9. The lowest BCUT2D eigenvalue weighted by Crippen LogP contribution is -2.39. The molecule has 142 valence electrons. The van der Waals surface area contributed by atoms with Crippen molar-refractivity contribution in [2.75, 3.05) is 18.0 Å². The van der Waals surface area contributed by atoms with E-state index >= 15 is 0 Å². The van der Waals surface area contributed by atoms with E-state index in [2.05, 4.69) is 22.6 Å². The summed E-state index contributed by atoms with van der Waals surface area (Å²) in [5, 5.41) is 0. The number of nitrogens with zero attached hydrogens (tertiary/aromatic N) is 2. The number of halogens is 1. The van der Waals surface area contributed by atoms with E-state index in [0.29, 0.717) is 13.1 Å². The molecule has 0 saturated carbocycles. The maximum atomic E-state index is 12.3. The van der Waals surface area contributed by atoms with Gasteiger partial charge >= 0.3 is 6.09 Å². The summed E-state index contributed by atoms with van der Waals surface area (Å²) >= 11 is 2.24. The highest BCUT2D eigenvalue weighted by Gasteiger charge is 2.30. The van der Waals surface area contributed by atoms with E-state index in [-0.39, 0.29) is 18.0 Å². The molecule has 1 saturated heterocycles. The molecule has 0 N–H and O–H groups in total. The second kappa shape index (κ2) is 8.88. The third-order valence-electron chi connectivity index (χ3n) is 4.10. The summed E-state index contributed by atoms with van der Waals surface area (Å²) in [5.41, 5.74) is 0.407. The molecule has 0 unspecified atom stereocenters. The van der Waals surface area contributed by atoms with Crippen molar-refractivity contribution >= 4 is 40.3 Å². The largest absolute Gasteiger partial charge is 0.444 e. The summed E-state index contributed by atoms with van der Waals surface area (Å²) < 4.78 is 6.52. The number of rotatable bonds is 4. The first-order chi connectivity index (χ1) is 12.2. The van der Waals surface area contributed by atoms with Crippen LogP contribution in [0.1, 0.15) is 40.5 Å². The molecule has 2 amide bonds. The van der Waals surface area contributed by atoms with E-state index in [4.69, 9.17) is 4.74 Å². The fourth-order valence-corrected chi connectivity index (χ4v) is 3.61. The van der Waals surface area contributed by atoms with E-state index in [1.54, 1.807) is 16.7 Å². The van der Waals surface area contributed by atoms with Gasteiger partial charge in [-0.15, -0.1) is 0 Å². The van der Waals surface area contributed by atoms with Crippen LogP contribution in [0.25, 0.3) is 0 Å². The lowest BCUT2D eigenvalue weighted by atomic mass is 10.2. The summed E-state index contributed by atoms with van der Waals surface area (Å²) in [5.74, 6) is -0.00538. The van der Waals surface area contributed by atoms with Crippen LogP contribution in [0.5, 0.6) is 0 Å². The summed E-state index contributed by atoms with van der Waals surface area (Å²) in [6.07, 6.45) is 5.59. The zero-order valence-corrected chi connectivity index (χ0v) is 18.0. The Bertz CT molecular complexity index is 682. The molecule has 1 aliphatic rings. The van der Waals surface area contributed by atoms with Gasteiger partial charge in [-0.2, -0.15) is 0 Å². The highest BCUT2D eigenvalue weighted by atomic mass is 127. The number of carbonyl (C=O) groups excluding carboxylic acids is 2. The van der Waals surface area contributed by atoms with Crippen LogP contribution in [0.3, 0.4) is 0 Å². The molecule has 0 spiro atoms. The van der Waals surface area contributed by atoms with Gasteiger partial charge in [-0.3, -0.25) is 4.79 Å². The Morgan fingerprint density at radius 3 is 2.65 bits per heavy atom. The fraction of sp³-hybridized carbons (Fsp3) is 0.500. The van der Waals surface area contributed by atoms with Crippen LogP contribution in [0.2, 0.25) is 0 Å². The molecule has 1 aliphatic heterocycles. The molecule has 0 radical (unpaired) electrons. The Morgan fingerprint density at radius 1 is 1.35 bits per heavy atom. The molecular weight excluding hydrogens is 443 g/mol. The average Bonchev–Trinajstić information content (AvgIpc) is 2.99. The van der Waals surface area contributed by atoms with Gasteiger partial charge < -0.3 is 14.5 Å². The summed E-state index contributed by atoms with van der Waals surface area (Å²) in [7, 11) is 0. The standard InChI is InChI=1S/C20H27IN2O3/c1-15(24)22(18-12-6-5-11-17(18)21)13-7-9-16-10-8-14-23(16)19(25)26-20(2,3)4/h5-7,9,11-12,16H,8,10,13-14H2,1-4H3/b9-7+/t16-/m1/s1. The average molecular weight is 470 g/mol. The van der Waals surface area contributed by atoms with Crippen molar-refractivity contribution in [2.45, 2.75) is 52.2 Å². The monoisotopic (exact) mass is 470 g/mol. The van der Waals surface area contributed by atoms with Crippen molar-refractivity contribution in [1.29, 1.82) is 0 Å². The topological polar surface area (TPSA) is 49.9 Å². The van der Waals surface area contributed by atoms with Gasteiger partial charge in [-0.25, -0.2) is 4.79 Å². The van der Waals surface area contributed by atoms with Crippen LogP contribution in [-0.2, 0) is 9.53 Å². The van der Waals surface area contributed by atoms with E-state index in [1.165, 1.54) is 0 Å². The molecule has 0 aromatic heterocycles.